The highest BCUT2D eigenvalue weighted by Gasteiger charge is 2.39. The van der Waals surface area contributed by atoms with Crippen molar-refractivity contribution in [3.63, 3.8) is 0 Å². The van der Waals surface area contributed by atoms with Gasteiger partial charge in [0.05, 0.1) is 23.8 Å². The van der Waals surface area contributed by atoms with Crippen molar-refractivity contribution in [1.29, 1.82) is 5.26 Å². The van der Waals surface area contributed by atoms with Crippen LogP contribution in [0.3, 0.4) is 0 Å². The van der Waals surface area contributed by atoms with Gasteiger partial charge in [0, 0.05) is 42.7 Å². The van der Waals surface area contributed by atoms with Crippen molar-refractivity contribution in [3.05, 3.63) is 105 Å². The SMILES string of the molecule is CCN(Cc1cc(Cl)c(OCc2cccc(-c3cccc(OCCCN4CCCC4)c3C)c2C)cc1OCc1cncc(C#N)c1)[C@@](C)(CO)C(=O)O. The van der Waals surface area contributed by atoms with Crippen LogP contribution in [-0.4, -0.2) is 75.9 Å². The summed E-state index contributed by atoms with van der Waals surface area (Å²) in [6.45, 7) is 11.8. The number of aliphatic carboxylic acids is 1. The van der Waals surface area contributed by atoms with E-state index in [1.165, 1.54) is 39.1 Å². The minimum Gasteiger partial charge on any atom is -0.493 e. The Bertz CT molecular complexity index is 1920. The summed E-state index contributed by atoms with van der Waals surface area (Å²) < 4.78 is 18.9. The lowest BCUT2D eigenvalue weighted by molar-refractivity contribution is -0.153. The van der Waals surface area contributed by atoms with E-state index in [9.17, 15) is 20.3 Å². The molecule has 5 rings (SSSR count). The van der Waals surface area contributed by atoms with E-state index in [-0.39, 0.29) is 19.8 Å². The number of aliphatic hydroxyl groups excluding tert-OH is 1. The van der Waals surface area contributed by atoms with Gasteiger partial charge in [0.15, 0.2) is 0 Å². The van der Waals surface area contributed by atoms with Gasteiger partial charge in [0.1, 0.15) is 42.1 Å². The van der Waals surface area contributed by atoms with Gasteiger partial charge in [0.2, 0.25) is 0 Å². The largest absolute Gasteiger partial charge is 0.493 e. The molecule has 1 aromatic heterocycles. The van der Waals surface area contributed by atoms with Crippen LogP contribution < -0.4 is 14.2 Å². The molecule has 2 heterocycles. The molecule has 4 aromatic rings. The number of likely N-dealkylation sites (tertiary alicyclic amines) is 1. The summed E-state index contributed by atoms with van der Waals surface area (Å²) in [5, 5.41) is 29.7. The van der Waals surface area contributed by atoms with Gasteiger partial charge in [-0.05, 0) is 106 Å². The Morgan fingerprint density at radius 3 is 2.38 bits per heavy atom. The Morgan fingerprint density at radius 1 is 0.962 bits per heavy atom. The molecule has 280 valence electrons. The molecule has 11 heteroatoms. The lowest BCUT2D eigenvalue weighted by Crippen LogP contribution is -2.54. The number of nitrogens with zero attached hydrogens (tertiary/aromatic N) is 4. The van der Waals surface area contributed by atoms with E-state index in [1.54, 1.807) is 29.3 Å². The predicted molar refractivity (Wildman–Crippen MR) is 205 cm³/mol. The number of carboxylic acids is 1. The number of rotatable bonds is 18. The van der Waals surface area contributed by atoms with Crippen LogP contribution in [0.2, 0.25) is 5.02 Å². The van der Waals surface area contributed by atoms with Crippen molar-refractivity contribution < 1.29 is 29.2 Å². The van der Waals surface area contributed by atoms with E-state index < -0.39 is 18.1 Å². The Hall–Kier alpha value is -4.66. The Balaban J connectivity index is 1.36. The molecule has 2 N–H and O–H groups in total. The fourth-order valence-electron chi connectivity index (χ4n) is 6.70. The Morgan fingerprint density at radius 2 is 1.68 bits per heavy atom. The van der Waals surface area contributed by atoms with E-state index >= 15 is 0 Å². The molecular weight excluding hydrogens is 692 g/mol. The van der Waals surface area contributed by atoms with Crippen LogP contribution >= 0.6 is 11.6 Å². The first-order chi connectivity index (χ1) is 25.6. The second-order valence-electron chi connectivity index (χ2n) is 13.7. The number of aromatic nitrogens is 1. The van der Waals surface area contributed by atoms with Crippen LogP contribution in [0.5, 0.6) is 17.2 Å². The van der Waals surface area contributed by atoms with Crippen molar-refractivity contribution >= 4 is 17.6 Å². The topological polar surface area (TPSA) is 128 Å². The number of hydrogen-bond donors (Lipinski definition) is 2. The number of carbonyl (C=O) groups is 1. The summed E-state index contributed by atoms with van der Waals surface area (Å²) in [7, 11) is 0. The van der Waals surface area contributed by atoms with E-state index in [4.69, 9.17) is 25.8 Å². The van der Waals surface area contributed by atoms with Crippen LogP contribution in [-0.2, 0) is 24.6 Å². The van der Waals surface area contributed by atoms with Gasteiger partial charge in [-0.2, -0.15) is 5.26 Å². The first-order valence-corrected chi connectivity index (χ1v) is 18.5. The molecule has 0 unspecified atom stereocenters. The normalized spacial score (nSPS) is 14.2. The molecule has 1 aliphatic heterocycles. The number of pyridine rings is 1. The van der Waals surface area contributed by atoms with Crippen molar-refractivity contribution in [2.45, 2.75) is 72.3 Å². The van der Waals surface area contributed by atoms with E-state index in [2.05, 4.69) is 41.9 Å². The predicted octanol–water partition coefficient (Wildman–Crippen LogP) is 7.57. The van der Waals surface area contributed by atoms with Gasteiger partial charge in [-0.1, -0.05) is 48.9 Å². The average Bonchev–Trinajstić information content (AvgIpc) is 3.69. The third-order valence-electron chi connectivity index (χ3n) is 10.1. The highest BCUT2D eigenvalue weighted by atomic mass is 35.5. The molecule has 0 amide bonds. The van der Waals surface area contributed by atoms with Gasteiger partial charge in [-0.15, -0.1) is 0 Å². The van der Waals surface area contributed by atoms with E-state index in [0.717, 1.165) is 46.5 Å². The maximum atomic E-state index is 12.2. The number of ether oxygens (including phenoxy) is 3. The molecule has 1 aliphatic rings. The third kappa shape index (κ3) is 9.67. The molecule has 0 spiro atoms. The summed E-state index contributed by atoms with van der Waals surface area (Å²) in [4.78, 5) is 20.5. The van der Waals surface area contributed by atoms with Gasteiger partial charge < -0.3 is 29.3 Å². The fraction of sp³-hybridized carbons (Fsp3) is 0.405. The minimum absolute atomic E-state index is 0.0979. The number of aliphatic hydroxyl groups is 1. The zero-order chi connectivity index (χ0) is 38.0. The number of benzene rings is 3. The molecule has 10 nitrogen and oxygen atoms in total. The van der Waals surface area contributed by atoms with Gasteiger partial charge >= 0.3 is 5.97 Å². The maximum absolute atomic E-state index is 12.2. The molecule has 1 atom stereocenters. The maximum Gasteiger partial charge on any atom is 0.326 e. The van der Waals surface area contributed by atoms with Crippen LogP contribution in [0.1, 0.15) is 66.5 Å². The van der Waals surface area contributed by atoms with Crippen LogP contribution in [0.4, 0.5) is 0 Å². The second kappa shape index (κ2) is 18.4. The molecule has 0 bridgehead atoms. The molecule has 3 aromatic carbocycles. The zero-order valence-corrected chi connectivity index (χ0v) is 31.8. The van der Waals surface area contributed by atoms with E-state index in [1.807, 2.05) is 31.2 Å². The van der Waals surface area contributed by atoms with Crippen molar-refractivity contribution in [1.82, 2.24) is 14.8 Å². The van der Waals surface area contributed by atoms with Crippen molar-refractivity contribution in [2.24, 2.45) is 0 Å². The number of likely N-dealkylation sites (N-methyl/N-ethyl adjacent to an activating group) is 1. The fourth-order valence-corrected chi connectivity index (χ4v) is 6.94. The summed E-state index contributed by atoms with van der Waals surface area (Å²) in [5.74, 6) is 0.568. The van der Waals surface area contributed by atoms with Crippen molar-refractivity contribution in [3.8, 4) is 34.4 Å². The molecule has 1 saturated heterocycles. The number of nitriles is 1. The lowest BCUT2D eigenvalue weighted by atomic mass is 9.93. The molecule has 0 aliphatic carbocycles. The van der Waals surface area contributed by atoms with Crippen LogP contribution in [0, 0.1) is 25.2 Å². The molecule has 0 radical (unpaired) electrons. The Labute approximate surface area is 317 Å². The third-order valence-corrected chi connectivity index (χ3v) is 10.4. The summed E-state index contributed by atoms with van der Waals surface area (Å²) >= 11 is 6.83. The highest BCUT2D eigenvalue weighted by molar-refractivity contribution is 6.32. The smallest absolute Gasteiger partial charge is 0.326 e. The van der Waals surface area contributed by atoms with Gasteiger partial charge in [-0.3, -0.25) is 14.7 Å². The summed E-state index contributed by atoms with van der Waals surface area (Å²) in [5.41, 5.74) is 5.52. The highest BCUT2D eigenvalue weighted by Crippen LogP contribution is 2.37. The van der Waals surface area contributed by atoms with Crippen LogP contribution in [0.25, 0.3) is 11.1 Å². The summed E-state index contributed by atoms with van der Waals surface area (Å²) in [6, 6.07) is 19.5. The first-order valence-electron chi connectivity index (χ1n) is 18.1. The van der Waals surface area contributed by atoms with Gasteiger partial charge in [0.25, 0.3) is 0 Å². The Kier molecular flexibility index (Phi) is 13.7. The van der Waals surface area contributed by atoms with Gasteiger partial charge in [-0.25, -0.2) is 0 Å². The molecular formula is C42H49ClN4O6. The number of halogens is 1. The lowest BCUT2D eigenvalue weighted by Gasteiger charge is -2.36. The zero-order valence-electron chi connectivity index (χ0n) is 31.0. The van der Waals surface area contributed by atoms with Crippen molar-refractivity contribution in [2.75, 3.05) is 39.4 Å². The monoisotopic (exact) mass is 740 g/mol. The number of hydrogen-bond acceptors (Lipinski definition) is 9. The molecule has 53 heavy (non-hydrogen) atoms. The average molecular weight is 741 g/mol. The quantitative estimate of drug-likeness (QED) is 0.0986. The summed E-state index contributed by atoms with van der Waals surface area (Å²) in [6.07, 6.45) is 6.67. The van der Waals surface area contributed by atoms with Crippen LogP contribution in [0.15, 0.2) is 67.0 Å². The first kappa shape index (κ1) is 39.5. The standard InChI is InChI=1S/C42H49ClN4O6/c1-5-47(42(4,28-48)41(49)50)25-34-20-37(43)40(21-39(34)52-26-32-19-31(22-44)23-45-24-32)53-27-33-11-8-12-35(29(33)2)36-13-9-14-38(30(36)3)51-18-10-17-46-15-6-7-16-46/h8-9,11-14,19-21,23-24,48H,5-7,10,15-18,25-28H2,1-4H3,(H,49,50)/t42-/m0/s1. The molecule has 1 fully saturated rings. The van der Waals surface area contributed by atoms with E-state index in [0.29, 0.717) is 46.4 Å². The minimum atomic E-state index is -1.53. The molecule has 0 saturated carbocycles. The number of carboxylic acid groups (broad SMARTS) is 1. The second-order valence-corrected chi connectivity index (χ2v) is 14.1.